The summed E-state index contributed by atoms with van der Waals surface area (Å²) in [6, 6.07) is 8.88. The average Bonchev–Trinajstić information content (AvgIpc) is 2.96. The van der Waals surface area contributed by atoms with Gasteiger partial charge in [-0.25, -0.2) is 0 Å². The standard InChI is InChI=1S/C14H19N5/c1-11-2-4-12(5-3-11)14(19-17-10-16-18-19)13-6-8-15-9-7-13/h2-5,10,13-15H,6-9H2,1H3. The van der Waals surface area contributed by atoms with E-state index in [-0.39, 0.29) is 6.04 Å². The van der Waals surface area contributed by atoms with Crippen LogP contribution >= 0.6 is 0 Å². The lowest BCUT2D eigenvalue weighted by Gasteiger charge is -2.30. The van der Waals surface area contributed by atoms with E-state index in [4.69, 9.17) is 0 Å². The van der Waals surface area contributed by atoms with Gasteiger partial charge < -0.3 is 5.32 Å². The van der Waals surface area contributed by atoms with Gasteiger partial charge in [0.15, 0.2) is 6.33 Å². The molecule has 0 radical (unpaired) electrons. The first-order chi connectivity index (χ1) is 9.34. The monoisotopic (exact) mass is 257 g/mol. The number of rotatable bonds is 3. The number of piperidine rings is 1. The molecule has 0 saturated carbocycles. The molecule has 1 aliphatic rings. The Hall–Kier alpha value is -1.75. The van der Waals surface area contributed by atoms with Crippen molar-refractivity contribution in [1.29, 1.82) is 0 Å². The predicted octanol–water partition coefficient (Wildman–Crippen LogP) is 1.57. The Morgan fingerprint density at radius 1 is 1.21 bits per heavy atom. The van der Waals surface area contributed by atoms with Crippen LogP contribution in [0, 0.1) is 12.8 Å². The molecule has 0 spiro atoms. The molecule has 5 heteroatoms. The summed E-state index contributed by atoms with van der Waals surface area (Å²) in [6.07, 6.45) is 3.82. The minimum Gasteiger partial charge on any atom is -0.317 e. The minimum absolute atomic E-state index is 0.199. The van der Waals surface area contributed by atoms with Crippen molar-refractivity contribution in [2.45, 2.75) is 25.8 Å². The predicted molar refractivity (Wildman–Crippen MR) is 72.7 cm³/mol. The molecule has 0 amide bonds. The molecule has 2 aromatic rings. The number of aryl methyl sites for hydroxylation is 1. The highest BCUT2D eigenvalue weighted by Crippen LogP contribution is 2.31. The van der Waals surface area contributed by atoms with E-state index in [1.54, 1.807) is 4.80 Å². The molecule has 100 valence electrons. The van der Waals surface area contributed by atoms with Crippen LogP contribution in [0.5, 0.6) is 0 Å². The molecule has 19 heavy (non-hydrogen) atoms. The second kappa shape index (κ2) is 5.48. The molecule has 2 heterocycles. The molecular formula is C14H19N5. The van der Waals surface area contributed by atoms with Crippen molar-refractivity contribution in [1.82, 2.24) is 25.5 Å². The largest absolute Gasteiger partial charge is 0.317 e. The van der Waals surface area contributed by atoms with Crippen LogP contribution in [0.2, 0.25) is 0 Å². The van der Waals surface area contributed by atoms with E-state index in [1.165, 1.54) is 17.5 Å². The van der Waals surface area contributed by atoms with E-state index in [0.29, 0.717) is 5.92 Å². The number of benzene rings is 1. The molecule has 1 unspecified atom stereocenters. The first-order valence-corrected chi connectivity index (χ1v) is 6.84. The zero-order valence-corrected chi connectivity index (χ0v) is 11.2. The first kappa shape index (κ1) is 12.3. The lowest BCUT2D eigenvalue weighted by atomic mass is 9.86. The van der Waals surface area contributed by atoms with E-state index in [1.807, 2.05) is 0 Å². The zero-order chi connectivity index (χ0) is 13.1. The van der Waals surface area contributed by atoms with Crippen LogP contribution in [0.1, 0.15) is 30.0 Å². The van der Waals surface area contributed by atoms with Crippen molar-refractivity contribution in [3.05, 3.63) is 41.7 Å². The molecule has 1 aliphatic heterocycles. The van der Waals surface area contributed by atoms with Gasteiger partial charge in [0.1, 0.15) is 6.04 Å². The molecule has 0 aliphatic carbocycles. The third kappa shape index (κ3) is 2.66. The van der Waals surface area contributed by atoms with Gasteiger partial charge in [-0.15, -0.1) is 10.2 Å². The number of hydrogen-bond acceptors (Lipinski definition) is 4. The summed E-state index contributed by atoms with van der Waals surface area (Å²) in [5.74, 6) is 0.568. The van der Waals surface area contributed by atoms with Gasteiger partial charge in [0.2, 0.25) is 0 Å². The molecule has 1 aromatic heterocycles. The second-order valence-electron chi connectivity index (χ2n) is 5.20. The maximum Gasteiger partial charge on any atom is 0.162 e. The summed E-state index contributed by atoms with van der Waals surface area (Å²) in [7, 11) is 0. The van der Waals surface area contributed by atoms with Gasteiger partial charge in [-0.1, -0.05) is 29.8 Å². The van der Waals surface area contributed by atoms with Crippen molar-refractivity contribution in [3.8, 4) is 0 Å². The molecule has 1 fully saturated rings. The molecule has 0 bridgehead atoms. The molecule has 5 nitrogen and oxygen atoms in total. The summed E-state index contributed by atoms with van der Waals surface area (Å²) < 4.78 is 0. The second-order valence-corrected chi connectivity index (χ2v) is 5.20. The van der Waals surface area contributed by atoms with Crippen LogP contribution in [0.25, 0.3) is 0 Å². The van der Waals surface area contributed by atoms with Crippen molar-refractivity contribution in [2.75, 3.05) is 13.1 Å². The third-order valence-corrected chi connectivity index (χ3v) is 3.86. The van der Waals surface area contributed by atoms with Gasteiger partial charge in [-0.2, -0.15) is 4.80 Å². The van der Waals surface area contributed by atoms with Crippen LogP contribution in [0.3, 0.4) is 0 Å². The van der Waals surface area contributed by atoms with Gasteiger partial charge in [0.25, 0.3) is 0 Å². The van der Waals surface area contributed by atoms with E-state index in [0.717, 1.165) is 25.9 Å². The lowest BCUT2D eigenvalue weighted by Crippen LogP contribution is -2.34. The normalized spacial score (nSPS) is 18.4. The highest BCUT2D eigenvalue weighted by molar-refractivity contribution is 5.25. The fourth-order valence-electron chi connectivity index (χ4n) is 2.82. The van der Waals surface area contributed by atoms with Crippen molar-refractivity contribution in [2.24, 2.45) is 5.92 Å². The third-order valence-electron chi connectivity index (χ3n) is 3.86. The fourth-order valence-corrected chi connectivity index (χ4v) is 2.82. The van der Waals surface area contributed by atoms with E-state index < -0.39 is 0 Å². The molecule has 1 aromatic carbocycles. The highest BCUT2D eigenvalue weighted by Gasteiger charge is 2.27. The quantitative estimate of drug-likeness (QED) is 0.907. The van der Waals surface area contributed by atoms with Gasteiger partial charge in [0.05, 0.1) is 0 Å². The Morgan fingerprint density at radius 2 is 1.95 bits per heavy atom. The summed E-state index contributed by atoms with van der Waals surface area (Å²) >= 11 is 0. The van der Waals surface area contributed by atoms with Crippen LogP contribution < -0.4 is 5.32 Å². The molecule has 1 atom stereocenters. The first-order valence-electron chi connectivity index (χ1n) is 6.84. The number of aromatic nitrogens is 4. The van der Waals surface area contributed by atoms with Crippen LogP contribution in [0.4, 0.5) is 0 Å². The number of tetrazole rings is 1. The summed E-state index contributed by atoms with van der Waals surface area (Å²) in [6.45, 7) is 4.25. The highest BCUT2D eigenvalue weighted by atomic mass is 15.6. The lowest BCUT2D eigenvalue weighted by molar-refractivity contribution is 0.257. The molecule has 1 N–H and O–H groups in total. The van der Waals surface area contributed by atoms with Crippen molar-refractivity contribution in [3.63, 3.8) is 0 Å². The SMILES string of the molecule is Cc1ccc(C(C2CCNCC2)n2ncnn2)cc1. The Bertz CT molecular complexity index is 499. The van der Waals surface area contributed by atoms with Crippen LogP contribution in [-0.4, -0.2) is 33.3 Å². The van der Waals surface area contributed by atoms with Gasteiger partial charge in [-0.05, 0) is 49.5 Å². The number of nitrogens with zero attached hydrogens (tertiary/aromatic N) is 4. The molecule has 3 rings (SSSR count). The number of hydrogen-bond donors (Lipinski definition) is 1. The Kier molecular flexibility index (Phi) is 3.55. The van der Waals surface area contributed by atoms with Crippen molar-refractivity contribution >= 4 is 0 Å². The van der Waals surface area contributed by atoms with Gasteiger partial charge >= 0.3 is 0 Å². The van der Waals surface area contributed by atoms with E-state index in [9.17, 15) is 0 Å². The Morgan fingerprint density at radius 3 is 2.58 bits per heavy atom. The van der Waals surface area contributed by atoms with Gasteiger partial charge in [-0.3, -0.25) is 0 Å². The minimum atomic E-state index is 0.199. The topological polar surface area (TPSA) is 55.6 Å². The summed E-state index contributed by atoms with van der Waals surface area (Å²) in [5, 5.41) is 15.7. The molecular weight excluding hydrogens is 238 g/mol. The summed E-state index contributed by atoms with van der Waals surface area (Å²) in [4.78, 5) is 1.76. The smallest absolute Gasteiger partial charge is 0.162 e. The fraction of sp³-hybridized carbons (Fsp3) is 0.500. The Labute approximate surface area is 113 Å². The zero-order valence-electron chi connectivity index (χ0n) is 11.2. The van der Waals surface area contributed by atoms with Gasteiger partial charge in [0, 0.05) is 0 Å². The van der Waals surface area contributed by atoms with Crippen LogP contribution in [0.15, 0.2) is 30.6 Å². The average molecular weight is 257 g/mol. The maximum atomic E-state index is 4.26. The Balaban J connectivity index is 1.93. The van der Waals surface area contributed by atoms with Crippen LogP contribution in [-0.2, 0) is 0 Å². The van der Waals surface area contributed by atoms with E-state index in [2.05, 4.69) is 51.9 Å². The molecule has 1 saturated heterocycles. The summed E-state index contributed by atoms with van der Waals surface area (Å²) in [5.41, 5.74) is 2.55. The maximum absolute atomic E-state index is 4.26. The van der Waals surface area contributed by atoms with E-state index >= 15 is 0 Å². The number of nitrogens with one attached hydrogen (secondary N) is 1. The van der Waals surface area contributed by atoms with Crippen molar-refractivity contribution < 1.29 is 0 Å².